The maximum absolute atomic E-state index is 12.9. The summed E-state index contributed by atoms with van der Waals surface area (Å²) in [5.74, 6) is 0. The van der Waals surface area contributed by atoms with Crippen LogP contribution >= 0.6 is 0 Å². The van der Waals surface area contributed by atoms with Crippen LogP contribution in [0.4, 0.5) is 0 Å². The molecule has 4 heteroatoms. The summed E-state index contributed by atoms with van der Waals surface area (Å²) in [6.45, 7) is 2.07. The van der Waals surface area contributed by atoms with E-state index in [-0.39, 0.29) is 11.4 Å². The van der Waals surface area contributed by atoms with Crippen molar-refractivity contribution in [2.75, 3.05) is 6.26 Å². The van der Waals surface area contributed by atoms with Crippen LogP contribution in [0.5, 0.6) is 0 Å². The molecule has 4 aromatic carbocycles. The number of rotatable bonds is 8. The highest BCUT2D eigenvalue weighted by molar-refractivity contribution is 7.84. The highest BCUT2D eigenvalue weighted by atomic mass is 32.2. The molecule has 0 saturated carbocycles. The molecule has 0 amide bonds. The topological polar surface area (TPSA) is 26.3 Å². The van der Waals surface area contributed by atoms with Gasteiger partial charge in [-0.2, -0.15) is 0 Å². The SMILES string of the molecule is C[C@@H](O[Si](c1ccccc1)(c1ccccc1)c1ccccc1)[C@H](c1ccccc1)[S@@](C)=O. The van der Waals surface area contributed by atoms with Crippen molar-refractivity contribution in [3.63, 3.8) is 0 Å². The molecule has 4 aromatic rings. The Labute approximate surface area is 194 Å². The Morgan fingerprint density at radius 2 is 0.969 bits per heavy atom. The molecule has 0 spiro atoms. The molecule has 4 rings (SSSR count). The van der Waals surface area contributed by atoms with Crippen LogP contribution in [-0.4, -0.2) is 24.9 Å². The molecule has 3 atom stereocenters. The van der Waals surface area contributed by atoms with Gasteiger partial charge in [0.2, 0.25) is 0 Å². The number of benzene rings is 4. The highest BCUT2D eigenvalue weighted by Crippen LogP contribution is 2.27. The van der Waals surface area contributed by atoms with E-state index in [1.807, 2.05) is 48.5 Å². The molecule has 0 aliphatic heterocycles. The molecule has 162 valence electrons. The van der Waals surface area contributed by atoms with Gasteiger partial charge in [-0.3, -0.25) is 4.21 Å². The van der Waals surface area contributed by atoms with Gasteiger partial charge in [0.15, 0.2) is 0 Å². The summed E-state index contributed by atoms with van der Waals surface area (Å²) in [7, 11) is -3.95. The van der Waals surface area contributed by atoms with Gasteiger partial charge in [-0.25, -0.2) is 0 Å². The van der Waals surface area contributed by atoms with E-state index >= 15 is 0 Å². The minimum Gasteiger partial charge on any atom is -0.400 e. The summed E-state index contributed by atoms with van der Waals surface area (Å²) in [4.78, 5) is 0. The van der Waals surface area contributed by atoms with Gasteiger partial charge in [-0.15, -0.1) is 0 Å². The average Bonchev–Trinajstić information content (AvgIpc) is 2.85. The fraction of sp³-hybridized carbons (Fsp3) is 0.143. The van der Waals surface area contributed by atoms with Crippen molar-refractivity contribution in [1.29, 1.82) is 0 Å². The van der Waals surface area contributed by atoms with E-state index in [9.17, 15) is 4.21 Å². The summed E-state index contributed by atoms with van der Waals surface area (Å²) in [5, 5.41) is 3.31. The van der Waals surface area contributed by atoms with Gasteiger partial charge < -0.3 is 4.43 Å². The minimum atomic E-state index is -2.86. The second kappa shape index (κ2) is 10.2. The van der Waals surface area contributed by atoms with Crippen LogP contribution in [0.2, 0.25) is 0 Å². The maximum atomic E-state index is 12.9. The largest absolute Gasteiger partial charge is 0.400 e. The highest BCUT2D eigenvalue weighted by Gasteiger charge is 2.44. The van der Waals surface area contributed by atoms with E-state index in [4.69, 9.17) is 4.43 Å². The lowest BCUT2D eigenvalue weighted by Gasteiger charge is -2.37. The van der Waals surface area contributed by atoms with E-state index in [1.54, 1.807) is 6.26 Å². The molecule has 0 fully saturated rings. The molecule has 0 unspecified atom stereocenters. The predicted molar refractivity (Wildman–Crippen MR) is 138 cm³/mol. The summed E-state index contributed by atoms with van der Waals surface area (Å²) in [6, 6.07) is 41.6. The van der Waals surface area contributed by atoms with Crippen molar-refractivity contribution < 1.29 is 8.63 Å². The predicted octanol–water partition coefficient (Wildman–Crippen LogP) is 4.18. The van der Waals surface area contributed by atoms with Crippen molar-refractivity contribution in [2.24, 2.45) is 0 Å². The van der Waals surface area contributed by atoms with Gasteiger partial charge in [0.25, 0.3) is 8.32 Å². The maximum Gasteiger partial charge on any atom is 0.288 e. The first-order valence-electron chi connectivity index (χ1n) is 10.8. The summed E-state index contributed by atoms with van der Waals surface area (Å²) >= 11 is 0. The van der Waals surface area contributed by atoms with Gasteiger partial charge in [-0.05, 0) is 28.0 Å². The van der Waals surface area contributed by atoms with Crippen LogP contribution in [0, 0.1) is 0 Å². The Kier molecular flexibility index (Phi) is 7.15. The van der Waals surface area contributed by atoms with Crippen LogP contribution in [0.3, 0.4) is 0 Å². The van der Waals surface area contributed by atoms with Gasteiger partial charge in [0.1, 0.15) is 0 Å². The lowest BCUT2D eigenvalue weighted by Crippen LogP contribution is -2.70. The standard InChI is InChI=1S/C28H28O2SSi/c1-23(28(31(2)29)24-15-7-3-8-16-24)30-32(25-17-9-4-10-18-25,26-19-11-5-12-20-26)27-21-13-6-14-22-27/h3-23,28H,1-2H3/t23-,28-,31-/m1/s1. The third kappa shape index (κ3) is 4.53. The molecular formula is C28H28O2SSi. The van der Waals surface area contributed by atoms with E-state index < -0.39 is 19.1 Å². The van der Waals surface area contributed by atoms with Crippen molar-refractivity contribution in [1.82, 2.24) is 0 Å². The van der Waals surface area contributed by atoms with Crippen LogP contribution in [0.25, 0.3) is 0 Å². The molecule has 0 N–H and O–H groups in total. The van der Waals surface area contributed by atoms with E-state index in [0.29, 0.717) is 0 Å². The summed E-state index contributed by atoms with van der Waals surface area (Å²) in [6.07, 6.45) is 1.52. The molecule has 0 aliphatic carbocycles. The van der Waals surface area contributed by atoms with Crippen molar-refractivity contribution in [3.8, 4) is 0 Å². The third-order valence-electron chi connectivity index (χ3n) is 5.82. The molecular weight excluding hydrogens is 428 g/mol. The smallest absolute Gasteiger partial charge is 0.288 e. The zero-order chi connectivity index (χ0) is 22.4. The quantitative estimate of drug-likeness (QED) is 0.294. The molecule has 0 radical (unpaired) electrons. The van der Waals surface area contributed by atoms with Crippen LogP contribution < -0.4 is 15.6 Å². The third-order valence-corrected chi connectivity index (χ3v) is 11.4. The molecule has 0 aliphatic rings. The van der Waals surface area contributed by atoms with Gasteiger partial charge in [-0.1, -0.05) is 121 Å². The van der Waals surface area contributed by atoms with Crippen molar-refractivity contribution in [2.45, 2.75) is 18.3 Å². The minimum absolute atomic E-state index is 0.223. The molecule has 2 nitrogen and oxygen atoms in total. The first-order valence-corrected chi connectivity index (χ1v) is 14.4. The first-order chi connectivity index (χ1) is 15.6. The molecule has 32 heavy (non-hydrogen) atoms. The number of hydrogen-bond donors (Lipinski definition) is 0. The first kappa shape index (κ1) is 22.4. The van der Waals surface area contributed by atoms with Crippen molar-refractivity contribution >= 4 is 34.7 Å². The Bertz CT molecular complexity index is 1040. The fourth-order valence-corrected chi connectivity index (χ4v) is 9.76. The zero-order valence-electron chi connectivity index (χ0n) is 18.4. The second-order valence-corrected chi connectivity index (χ2v) is 12.8. The Morgan fingerprint density at radius 1 is 0.625 bits per heavy atom. The number of hydrogen-bond acceptors (Lipinski definition) is 2. The summed E-state index contributed by atoms with van der Waals surface area (Å²) < 4.78 is 20.1. The van der Waals surface area contributed by atoms with Crippen LogP contribution in [0.1, 0.15) is 17.7 Å². The van der Waals surface area contributed by atoms with Gasteiger partial charge >= 0.3 is 0 Å². The van der Waals surface area contributed by atoms with Gasteiger partial charge in [0, 0.05) is 17.1 Å². The second-order valence-electron chi connectivity index (χ2n) is 7.93. The Balaban J connectivity index is 1.90. The van der Waals surface area contributed by atoms with Crippen LogP contribution in [-0.2, 0) is 15.2 Å². The lowest BCUT2D eigenvalue weighted by atomic mass is 10.1. The zero-order valence-corrected chi connectivity index (χ0v) is 20.2. The van der Waals surface area contributed by atoms with Crippen molar-refractivity contribution in [3.05, 3.63) is 127 Å². The molecule has 0 saturated heterocycles. The Hall–Kier alpha value is -2.79. The van der Waals surface area contributed by atoms with Gasteiger partial charge in [0.05, 0.1) is 11.4 Å². The Morgan fingerprint density at radius 3 is 1.31 bits per heavy atom. The van der Waals surface area contributed by atoms with E-state index in [1.165, 1.54) is 15.6 Å². The van der Waals surface area contributed by atoms with Crippen LogP contribution in [0.15, 0.2) is 121 Å². The average molecular weight is 457 g/mol. The summed E-state index contributed by atoms with van der Waals surface area (Å²) in [5.41, 5.74) is 1.04. The monoisotopic (exact) mass is 456 g/mol. The fourth-order valence-electron chi connectivity index (χ4n) is 4.44. The normalized spacial score (nSPS) is 14.4. The van der Waals surface area contributed by atoms with E-state index in [2.05, 4.69) is 79.7 Å². The molecule has 0 aromatic heterocycles. The molecule has 0 bridgehead atoms. The van der Waals surface area contributed by atoms with E-state index in [0.717, 1.165) is 5.56 Å². The molecule has 0 heterocycles. The lowest BCUT2D eigenvalue weighted by molar-refractivity contribution is 0.218.